The number of nitrogens with zero attached hydrogens (tertiary/aromatic N) is 2. The van der Waals surface area contributed by atoms with Gasteiger partial charge >= 0.3 is 19.4 Å². The van der Waals surface area contributed by atoms with Crippen LogP contribution in [0.1, 0.15) is 39.6 Å². The fourth-order valence-corrected chi connectivity index (χ4v) is 5.61. The van der Waals surface area contributed by atoms with Gasteiger partial charge in [0.2, 0.25) is 0 Å². The Kier molecular flexibility index (Phi) is 8.52. The van der Waals surface area contributed by atoms with E-state index in [0.717, 1.165) is 29.8 Å². The number of aromatic nitrogens is 3. The number of carbonyl (C=O) groups excluding carboxylic acids is 1. The highest BCUT2D eigenvalue weighted by atomic mass is 31.2. The number of fused-ring (bicyclic) bond motifs is 1. The summed E-state index contributed by atoms with van der Waals surface area (Å²) in [5, 5.41) is 17.1. The predicted molar refractivity (Wildman–Crippen MR) is 137 cm³/mol. The molecule has 0 aliphatic carbocycles. The first-order chi connectivity index (χ1) is 19.1. The maximum absolute atomic E-state index is 15.6. The van der Waals surface area contributed by atoms with Gasteiger partial charge in [-0.05, 0) is 40.7 Å². The maximum atomic E-state index is 15.6. The first-order valence-electron chi connectivity index (χ1n) is 12.4. The predicted octanol–water partition coefficient (Wildman–Crippen LogP) is 2.25. The molecule has 1 aliphatic rings. The number of nitrogens with one attached hydrogen (secondary N) is 2. The number of hydrogen-bond donors (Lipinski definition) is 3. The summed E-state index contributed by atoms with van der Waals surface area (Å²) in [5.74, 6) is -2.38. The van der Waals surface area contributed by atoms with Gasteiger partial charge in [0.05, 0.1) is 18.4 Å². The van der Waals surface area contributed by atoms with Gasteiger partial charge in [-0.25, -0.2) is 18.1 Å². The highest BCUT2D eigenvalue weighted by Crippen LogP contribution is 2.48. The number of aliphatic hydroxyl groups excluding tert-OH is 1. The third kappa shape index (κ3) is 6.41. The summed E-state index contributed by atoms with van der Waals surface area (Å²) in [6.07, 6.45) is -4.68. The van der Waals surface area contributed by atoms with E-state index in [2.05, 4.69) is 10.2 Å². The molecule has 0 spiro atoms. The number of rotatable bonds is 10. The molecule has 0 bridgehead atoms. The van der Waals surface area contributed by atoms with Crippen molar-refractivity contribution in [3.8, 4) is 5.75 Å². The van der Waals surface area contributed by atoms with Crippen LogP contribution in [0.25, 0.3) is 11.0 Å². The lowest BCUT2D eigenvalue weighted by Gasteiger charge is -2.25. The van der Waals surface area contributed by atoms with Gasteiger partial charge in [-0.1, -0.05) is 5.16 Å². The zero-order valence-electron chi connectivity index (χ0n) is 22.6. The minimum Gasteiger partial charge on any atom is -0.462 e. The fraction of sp³-hybridized carbons (Fsp3) is 0.500. The van der Waals surface area contributed by atoms with Crippen molar-refractivity contribution in [2.45, 2.75) is 70.9 Å². The molecule has 3 heterocycles. The molecule has 1 aliphatic heterocycles. The molecule has 224 valence electrons. The number of esters is 1. The van der Waals surface area contributed by atoms with Gasteiger partial charge in [0.15, 0.2) is 29.0 Å². The SMILES string of the molecule is Cc1noc2cc(F)c(OP(=O)(N[C@@H](C)C(=O)OC(C)C)OC[C@H]3O[C@@H](n4ccc(=O)[nH]c4=O)[C@](C)(F)[C@@H]3O)cc12. The largest absolute Gasteiger partial charge is 0.462 e. The van der Waals surface area contributed by atoms with E-state index < -0.39 is 79.4 Å². The van der Waals surface area contributed by atoms with Gasteiger partial charge in [0, 0.05) is 23.7 Å². The number of ether oxygens (including phenoxy) is 2. The van der Waals surface area contributed by atoms with Crippen LogP contribution >= 0.6 is 7.75 Å². The summed E-state index contributed by atoms with van der Waals surface area (Å²) in [4.78, 5) is 38.0. The minimum atomic E-state index is -4.70. The Morgan fingerprint density at radius 1 is 1.34 bits per heavy atom. The molecule has 41 heavy (non-hydrogen) atoms. The van der Waals surface area contributed by atoms with E-state index in [9.17, 15) is 28.4 Å². The number of aliphatic hydroxyl groups is 1. The highest BCUT2D eigenvalue weighted by Gasteiger charge is 2.56. The molecule has 3 aromatic rings. The topological polar surface area (TPSA) is 184 Å². The third-order valence-electron chi connectivity index (χ3n) is 6.21. The second-order valence-corrected chi connectivity index (χ2v) is 11.6. The number of hydrogen-bond acceptors (Lipinski definition) is 11. The summed E-state index contributed by atoms with van der Waals surface area (Å²) in [7, 11) is -4.70. The fourth-order valence-electron chi connectivity index (χ4n) is 4.11. The number of benzene rings is 1. The van der Waals surface area contributed by atoms with Crippen molar-refractivity contribution in [2.24, 2.45) is 0 Å². The van der Waals surface area contributed by atoms with Crippen LogP contribution in [0.2, 0.25) is 0 Å². The second-order valence-electron chi connectivity index (χ2n) is 9.91. The van der Waals surface area contributed by atoms with Crippen molar-refractivity contribution in [1.29, 1.82) is 0 Å². The Labute approximate surface area is 231 Å². The smallest absolute Gasteiger partial charge is 0.459 e. The van der Waals surface area contributed by atoms with Crippen LogP contribution in [0.3, 0.4) is 0 Å². The van der Waals surface area contributed by atoms with E-state index >= 15 is 4.39 Å². The van der Waals surface area contributed by atoms with Crippen molar-refractivity contribution in [3.63, 3.8) is 0 Å². The number of carbonyl (C=O) groups is 1. The summed E-state index contributed by atoms with van der Waals surface area (Å²) >= 11 is 0. The van der Waals surface area contributed by atoms with Crippen molar-refractivity contribution < 1.29 is 46.3 Å². The van der Waals surface area contributed by atoms with E-state index in [-0.39, 0.29) is 5.58 Å². The quantitative estimate of drug-likeness (QED) is 0.228. The average molecular weight is 602 g/mol. The van der Waals surface area contributed by atoms with Crippen molar-refractivity contribution in [2.75, 3.05) is 6.61 Å². The van der Waals surface area contributed by atoms with Crippen LogP contribution in [0.5, 0.6) is 5.75 Å². The van der Waals surface area contributed by atoms with E-state index in [0.29, 0.717) is 11.1 Å². The number of alkyl halides is 1. The van der Waals surface area contributed by atoms with Crippen molar-refractivity contribution >= 4 is 24.7 Å². The standard InChI is InChI=1S/C24H29F2N4O10P/c1-11(2)37-21(33)13(4)29-41(35,40-17-8-14-12(3)28-39-16(14)9-15(17)25)36-10-18-20(32)24(5,26)22(38-18)30-7-6-19(31)27-23(30)34/h6-9,11,13,18,20,22,32H,10H2,1-5H3,(H,29,35)(H,27,31,34)/t13-,18+,20+,22+,24+,41?/m0/s1. The van der Waals surface area contributed by atoms with E-state index in [1.54, 1.807) is 20.8 Å². The molecule has 3 N–H and O–H groups in total. The minimum absolute atomic E-state index is 0.0955. The molecule has 6 atom stereocenters. The van der Waals surface area contributed by atoms with E-state index in [4.69, 9.17) is 23.0 Å². The molecule has 0 saturated carbocycles. The maximum Gasteiger partial charge on any atom is 0.459 e. The molecule has 1 saturated heterocycles. The summed E-state index contributed by atoms with van der Waals surface area (Å²) < 4.78 is 71.5. The highest BCUT2D eigenvalue weighted by molar-refractivity contribution is 7.52. The first kappa shape index (κ1) is 30.5. The monoisotopic (exact) mass is 602 g/mol. The van der Waals surface area contributed by atoms with E-state index in [1.807, 2.05) is 4.98 Å². The molecule has 1 aromatic carbocycles. The van der Waals surface area contributed by atoms with Gasteiger partial charge in [-0.15, -0.1) is 0 Å². The molecule has 2 aromatic heterocycles. The normalized spacial score (nSPS) is 24.9. The van der Waals surface area contributed by atoms with Crippen LogP contribution in [-0.2, 0) is 23.4 Å². The second kappa shape index (κ2) is 11.4. The lowest BCUT2D eigenvalue weighted by atomic mass is 9.98. The Hall–Kier alpha value is -3.43. The first-order valence-corrected chi connectivity index (χ1v) is 14.0. The molecular formula is C24H29F2N4O10P. The number of halogens is 2. The number of aromatic amines is 1. The molecular weight excluding hydrogens is 573 g/mol. The molecule has 0 amide bonds. The number of aryl methyl sites for hydroxylation is 1. The summed E-state index contributed by atoms with van der Waals surface area (Å²) in [5.41, 5.74) is -3.82. The van der Waals surface area contributed by atoms with Crippen LogP contribution in [0, 0.1) is 12.7 Å². The Morgan fingerprint density at radius 3 is 2.71 bits per heavy atom. The molecule has 4 rings (SSSR count). The molecule has 17 heteroatoms. The zero-order chi connectivity index (χ0) is 30.3. The number of H-pyrrole nitrogens is 1. The molecule has 1 fully saturated rings. The summed E-state index contributed by atoms with van der Waals surface area (Å²) in [6.45, 7) is 6.24. The molecule has 14 nitrogen and oxygen atoms in total. The van der Waals surface area contributed by atoms with Gasteiger partial charge < -0.3 is 23.6 Å². The Morgan fingerprint density at radius 2 is 2.05 bits per heavy atom. The van der Waals surface area contributed by atoms with Crippen molar-refractivity contribution in [1.82, 2.24) is 19.8 Å². The van der Waals surface area contributed by atoms with Crippen LogP contribution in [0.15, 0.2) is 38.5 Å². The lowest BCUT2D eigenvalue weighted by molar-refractivity contribution is -0.149. The Bertz CT molecular complexity index is 1600. The van der Waals surface area contributed by atoms with Gasteiger partial charge in [0.1, 0.15) is 18.2 Å². The van der Waals surface area contributed by atoms with Crippen LogP contribution in [0.4, 0.5) is 8.78 Å². The lowest BCUT2D eigenvalue weighted by Crippen LogP contribution is -2.43. The zero-order valence-corrected chi connectivity index (χ0v) is 23.5. The van der Waals surface area contributed by atoms with Crippen molar-refractivity contribution in [3.05, 3.63) is 56.7 Å². The third-order valence-corrected chi connectivity index (χ3v) is 7.84. The Balaban J connectivity index is 1.61. The van der Waals surface area contributed by atoms with Gasteiger partial charge in [-0.3, -0.25) is 23.7 Å². The molecule has 1 unspecified atom stereocenters. The van der Waals surface area contributed by atoms with Gasteiger partial charge in [-0.2, -0.15) is 5.09 Å². The molecule has 0 radical (unpaired) electrons. The summed E-state index contributed by atoms with van der Waals surface area (Å²) in [6, 6.07) is 1.80. The van der Waals surface area contributed by atoms with Crippen LogP contribution < -0.4 is 20.9 Å². The van der Waals surface area contributed by atoms with Gasteiger partial charge in [0.25, 0.3) is 5.56 Å². The van der Waals surface area contributed by atoms with Crippen LogP contribution in [-0.4, -0.2) is 62.4 Å². The average Bonchev–Trinajstić information content (AvgIpc) is 3.33. The van der Waals surface area contributed by atoms with E-state index in [1.165, 1.54) is 13.0 Å².